The van der Waals surface area contributed by atoms with E-state index in [1.165, 1.54) is 16.2 Å². The highest BCUT2D eigenvalue weighted by Crippen LogP contribution is 2.35. The maximum atomic E-state index is 12.5. The van der Waals surface area contributed by atoms with E-state index in [1.54, 1.807) is 27.7 Å². The number of nitrogens with two attached hydrogens (primary N) is 1. The Labute approximate surface area is 165 Å². The van der Waals surface area contributed by atoms with Crippen molar-refractivity contribution >= 4 is 28.3 Å². The van der Waals surface area contributed by atoms with Gasteiger partial charge in [0, 0.05) is 12.1 Å². The summed E-state index contributed by atoms with van der Waals surface area (Å²) in [6, 6.07) is 7.77. The van der Waals surface area contributed by atoms with Crippen LogP contribution in [0.5, 0.6) is 0 Å². The van der Waals surface area contributed by atoms with Gasteiger partial charge in [0.05, 0.1) is 0 Å². The number of amides is 2. The predicted octanol–water partition coefficient (Wildman–Crippen LogP) is 5.01. The van der Waals surface area contributed by atoms with E-state index < -0.39 is 17.6 Å². The van der Waals surface area contributed by atoms with E-state index in [0.717, 1.165) is 11.1 Å². The minimum absolute atomic E-state index is 0.0780. The molecule has 0 fully saturated rings. The van der Waals surface area contributed by atoms with Crippen LogP contribution in [0, 0.1) is 6.92 Å². The van der Waals surface area contributed by atoms with Gasteiger partial charge in [-0.25, -0.2) is 9.78 Å². The van der Waals surface area contributed by atoms with E-state index in [4.69, 9.17) is 10.5 Å². The molecule has 7 heteroatoms. The van der Waals surface area contributed by atoms with Crippen LogP contribution >= 0.6 is 11.3 Å². The second-order valence-electron chi connectivity index (χ2n) is 6.63. The van der Waals surface area contributed by atoms with Crippen LogP contribution in [0.15, 0.2) is 24.3 Å². The number of thiazole rings is 1. The molecule has 0 aliphatic rings. The van der Waals surface area contributed by atoms with Gasteiger partial charge in [0.25, 0.3) is 5.91 Å². The van der Waals surface area contributed by atoms with Gasteiger partial charge >= 0.3 is 6.09 Å². The molecule has 0 bridgehead atoms. The first-order valence-corrected chi connectivity index (χ1v) is 9.82. The van der Waals surface area contributed by atoms with Crippen molar-refractivity contribution in [1.29, 1.82) is 0 Å². The largest absolute Gasteiger partial charge is 0.443 e. The van der Waals surface area contributed by atoms with Gasteiger partial charge in [0.1, 0.15) is 15.6 Å². The summed E-state index contributed by atoms with van der Waals surface area (Å²) in [4.78, 5) is 30.1. The molecule has 2 rings (SSSR count). The fourth-order valence-corrected chi connectivity index (χ4v) is 3.35. The summed E-state index contributed by atoms with van der Waals surface area (Å²) < 4.78 is 5.43. The Bertz CT molecular complexity index is 794. The lowest BCUT2D eigenvalue weighted by molar-refractivity contribution is 0.0583. The van der Waals surface area contributed by atoms with Gasteiger partial charge in [-0.05, 0) is 40.7 Å². The van der Waals surface area contributed by atoms with Crippen molar-refractivity contribution in [3.05, 3.63) is 35.5 Å². The van der Waals surface area contributed by atoms with Crippen LogP contribution in [0.4, 0.5) is 9.80 Å². The molecule has 0 radical (unpaired) electrons. The topological polar surface area (TPSA) is 85.5 Å². The number of aryl methyl sites for hydroxylation is 1. The van der Waals surface area contributed by atoms with Crippen molar-refractivity contribution in [3.63, 3.8) is 0 Å². The Balaban J connectivity index is 0.00000176. The van der Waals surface area contributed by atoms with Gasteiger partial charge in [0.2, 0.25) is 0 Å². The van der Waals surface area contributed by atoms with Gasteiger partial charge in [-0.1, -0.05) is 48.9 Å². The fraction of sp³-hybridized carbons (Fsp3) is 0.450. The zero-order valence-electron chi connectivity index (χ0n) is 17.1. The fourth-order valence-electron chi connectivity index (χ4n) is 2.23. The Hall–Kier alpha value is -2.41. The molecular weight excluding hydrogens is 362 g/mol. The molecule has 0 aliphatic carbocycles. The van der Waals surface area contributed by atoms with Gasteiger partial charge in [-0.15, -0.1) is 0 Å². The summed E-state index contributed by atoms with van der Waals surface area (Å²) in [7, 11) is 0. The van der Waals surface area contributed by atoms with Crippen LogP contribution in [0.1, 0.15) is 57.6 Å². The summed E-state index contributed by atoms with van der Waals surface area (Å²) in [5, 5.41) is 1.04. The number of carbonyl (C=O) groups is 2. The van der Waals surface area contributed by atoms with E-state index in [0.29, 0.717) is 16.6 Å². The Morgan fingerprint density at radius 3 is 2.37 bits per heavy atom. The lowest BCUT2D eigenvalue weighted by Gasteiger charge is -2.25. The first-order chi connectivity index (χ1) is 12.6. The SMILES string of the molecule is CC.CCN(C(=O)OC(C)(C)C)c1sc(-c2cccc(C)c2)nc1C(N)=O. The molecule has 27 heavy (non-hydrogen) atoms. The number of anilines is 1. The third-order valence-corrected chi connectivity index (χ3v) is 4.41. The molecule has 2 amide bonds. The Kier molecular flexibility index (Phi) is 7.97. The molecule has 0 atom stereocenters. The minimum atomic E-state index is -0.674. The van der Waals surface area contributed by atoms with Crippen LogP contribution in [0.2, 0.25) is 0 Å². The van der Waals surface area contributed by atoms with Gasteiger partial charge in [0.15, 0.2) is 5.69 Å². The summed E-state index contributed by atoms with van der Waals surface area (Å²) in [6.45, 7) is 13.5. The number of primary amides is 1. The number of hydrogen-bond donors (Lipinski definition) is 1. The quantitative estimate of drug-likeness (QED) is 0.794. The van der Waals surface area contributed by atoms with Crippen molar-refractivity contribution in [2.75, 3.05) is 11.4 Å². The summed E-state index contributed by atoms with van der Waals surface area (Å²) in [5.41, 5.74) is 6.87. The van der Waals surface area contributed by atoms with Gasteiger partial charge in [-0.2, -0.15) is 0 Å². The van der Waals surface area contributed by atoms with Crippen LogP contribution < -0.4 is 10.6 Å². The maximum Gasteiger partial charge on any atom is 0.415 e. The lowest BCUT2D eigenvalue weighted by atomic mass is 10.1. The van der Waals surface area contributed by atoms with Crippen molar-refractivity contribution in [2.24, 2.45) is 5.73 Å². The third kappa shape index (κ3) is 6.06. The highest BCUT2D eigenvalue weighted by molar-refractivity contribution is 7.19. The Morgan fingerprint density at radius 2 is 1.89 bits per heavy atom. The molecule has 2 N–H and O–H groups in total. The number of benzene rings is 1. The third-order valence-electron chi connectivity index (χ3n) is 3.28. The number of aromatic nitrogens is 1. The van der Waals surface area contributed by atoms with Crippen molar-refractivity contribution < 1.29 is 14.3 Å². The zero-order valence-corrected chi connectivity index (χ0v) is 17.9. The van der Waals surface area contributed by atoms with E-state index in [2.05, 4.69) is 4.98 Å². The lowest BCUT2D eigenvalue weighted by Crippen LogP contribution is -2.37. The molecule has 1 aromatic heterocycles. The molecule has 0 unspecified atom stereocenters. The maximum absolute atomic E-state index is 12.5. The van der Waals surface area contributed by atoms with E-state index in [1.807, 2.05) is 45.0 Å². The highest BCUT2D eigenvalue weighted by atomic mass is 32.1. The number of nitrogens with zero attached hydrogens (tertiary/aromatic N) is 2. The van der Waals surface area contributed by atoms with E-state index in [9.17, 15) is 9.59 Å². The second kappa shape index (κ2) is 9.50. The number of hydrogen-bond acceptors (Lipinski definition) is 5. The van der Waals surface area contributed by atoms with Crippen LogP contribution in [0.25, 0.3) is 10.6 Å². The standard InChI is InChI=1S/C18H23N3O3S.C2H6/c1-6-21(17(23)24-18(3,4)5)16-13(14(19)22)20-15(25-16)12-9-7-8-11(2)10-12;1-2/h7-10H,6H2,1-5H3,(H2,19,22);1-2H3. The van der Waals surface area contributed by atoms with Gasteiger partial charge in [-0.3, -0.25) is 9.69 Å². The first kappa shape index (κ1) is 22.6. The van der Waals surface area contributed by atoms with E-state index >= 15 is 0 Å². The first-order valence-electron chi connectivity index (χ1n) is 9.00. The summed E-state index contributed by atoms with van der Waals surface area (Å²) in [5.74, 6) is -0.674. The van der Waals surface area contributed by atoms with Crippen LogP contribution in [-0.4, -0.2) is 29.1 Å². The average Bonchev–Trinajstić information content (AvgIpc) is 3.01. The average molecular weight is 392 g/mol. The second-order valence-corrected chi connectivity index (χ2v) is 7.61. The Morgan fingerprint density at radius 1 is 1.26 bits per heavy atom. The molecule has 6 nitrogen and oxygen atoms in total. The molecule has 1 heterocycles. The number of rotatable bonds is 4. The summed E-state index contributed by atoms with van der Waals surface area (Å²) >= 11 is 1.25. The molecule has 148 valence electrons. The molecule has 0 spiro atoms. The normalized spacial score (nSPS) is 10.6. The smallest absolute Gasteiger partial charge is 0.415 e. The van der Waals surface area contributed by atoms with Crippen LogP contribution in [0.3, 0.4) is 0 Å². The number of carbonyl (C=O) groups excluding carboxylic acids is 2. The van der Waals surface area contributed by atoms with Gasteiger partial charge < -0.3 is 10.5 Å². The zero-order chi connectivity index (χ0) is 20.8. The van der Waals surface area contributed by atoms with Crippen LogP contribution in [-0.2, 0) is 4.74 Å². The monoisotopic (exact) mass is 391 g/mol. The van der Waals surface area contributed by atoms with Crippen molar-refractivity contribution in [2.45, 2.75) is 54.1 Å². The van der Waals surface area contributed by atoms with Crippen molar-refractivity contribution in [3.8, 4) is 10.6 Å². The number of ether oxygens (including phenoxy) is 1. The molecule has 0 aliphatic heterocycles. The highest BCUT2D eigenvalue weighted by Gasteiger charge is 2.28. The molecular formula is C20H29N3O3S. The van der Waals surface area contributed by atoms with Crippen molar-refractivity contribution in [1.82, 2.24) is 4.98 Å². The van der Waals surface area contributed by atoms with E-state index in [-0.39, 0.29) is 5.69 Å². The minimum Gasteiger partial charge on any atom is -0.443 e. The predicted molar refractivity (Wildman–Crippen MR) is 111 cm³/mol. The molecule has 2 aromatic rings. The summed E-state index contributed by atoms with van der Waals surface area (Å²) in [6.07, 6.45) is -0.531. The molecule has 0 saturated heterocycles. The molecule has 0 saturated carbocycles. The molecule has 1 aromatic carbocycles.